The Balaban J connectivity index is 1.67. The maximum Gasteiger partial charge on any atom is 0.364 e. The Hall–Kier alpha value is -2.53. The molecule has 14 N–H and O–H groups in total. The molecule has 23 nitrogen and oxygen atoms in total. The van der Waals surface area contributed by atoms with Gasteiger partial charge in [0.05, 0.1) is 50.7 Å². The summed E-state index contributed by atoms with van der Waals surface area (Å²) in [5.41, 5.74) is 0. The van der Waals surface area contributed by atoms with Gasteiger partial charge in [-0.1, -0.05) is 142 Å². The van der Waals surface area contributed by atoms with Crippen molar-refractivity contribution >= 4 is 17.8 Å². The summed E-state index contributed by atoms with van der Waals surface area (Å²) in [5, 5.41) is 135. The lowest BCUT2D eigenvalue weighted by Gasteiger charge is -2.50. The minimum Gasteiger partial charge on any atom is -0.477 e. The van der Waals surface area contributed by atoms with Gasteiger partial charge in [-0.15, -0.1) is 0 Å². The van der Waals surface area contributed by atoms with Gasteiger partial charge in [0.15, 0.2) is 12.6 Å². The Morgan fingerprint density at radius 2 is 1.18 bits per heavy atom. The number of nitrogens with one attached hydrogen (secondary N) is 2. The number of aliphatic carboxylic acids is 1. The molecule has 0 spiro atoms. The van der Waals surface area contributed by atoms with Crippen LogP contribution in [-0.2, 0) is 42.8 Å². The summed E-state index contributed by atoms with van der Waals surface area (Å²) in [6.07, 6.45) is 1.15. The van der Waals surface area contributed by atoms with Crippen LogP contribution in [0.15, 0.2) is 12.2 Å². The monoisotopic (exact) mass is 1140 g/mol. The highest BCUT2D eigenvalue weighted by Gasteiger charge is 2.60. The molecule has 3 fully saturated rings. The van der Waals surface area contributed by atoms with Crippen molar-refractivity contribution in [3.05, 3.63) is 12.2 Å². The number of allylic oxidation sites excluding steroid dienone is 2. The van der Waals surface area contributed by atoms with Crippen LogP contribution in [0.25, 0.3) is 0 Å². The predicted octanol–water partition coefficient (Wildman–Crippen LogP) is 2.00. The Morgan fingerprint density at radius 3 is 1.72 bits per heavy atom. The molecule has 18 atom stereocenters. The van der Waals surface area contributed by atoms with E-state index in [2.05, 4.69) is 36.6 Å². The number of carboxylic acids is 1. The van der Waals surface area contributed by atoms with E-state index >= 15 is 0 Å². The average Bonchev–Trinajstić information content (AvgIpc) is 3.50. The second kappa shape index (κ2) is 39.1. The van der Waals surface area contributed by atoms with Crippen LogP contribution in [0.1, 0.15) is 188 Å². The van der Waals surface area contributed by atoms with E-state index < -0.39 is 148 Å². The number of unbranched alkanes of at least 4 members (excludes halogenated alkanes) is 20. The van der Waals surface area contributed by atoms with Gasteiger partial charge in [-0.25, -0.2) is 4.79 Å². The molecule has 0 aromatic carbocycles. The van der Waals surface area contributed by atoms with Crippen molar-refractivity contribution in [2.24, 2.45) is 0 Å². The smallest absolute Gasteiger partial charge is 0.364 e. The molecule has 462 valence electrons. The van der Waals surface area contributed by atoms with Crippen molar-refractivity contribution in [3.8, 4) is 0 Å². The van der Waals surface area contributed by atoms with Crippen LogP contribution >= 0.6 is 0 Å². The van der Waals surface area contributed by atoms with E-state index in [0.29, 0.717) is 19.3 Å². The second-order valence-corrected chi connectivity index (χ2v) is 21.9. The zero-order chi connectivity index (χ0) is 58.3. The number of amides is 2. The summed E-state index contributed by atoms with van der Waals surface area (Å²) < 4.78 is 34.7. The molecule has 79 heavy (non-hydrogen) atoms. The first-order valence-electron chi connectivity index (χ1n) is 29.5. The number of carboxylic acid groups (broad SMARTS) is 1. The third-order valence-corrected chi connectivity index (χ3v) is 15.2. The van der Waals surface area contributed by atoms with Gasteiger partial charge >= 0.3 is 5.97 Å². The number of carbonyl (C=O) groups excluding carboxylic acids is 2. The number of hydrogen-bond acceptors (Lipinski definition) is 20. The summed E-state index contributed by atoms with van der Waals surface area (Å²) in [7, 11) is 0. The fourth-order valence-electron chi connectivity index (χ4n) is 10.4. The molecule has 0 aromatic heterocycles. The van der Waals surface area contributed by atoms with Gasteiger partial charge in [0.25, 0.3) is 5.79 Å². The summed E-state index contributed by atoms with van der Waals surface area (Å²) >= 11 is 0. The van der Waals surface area contributed by atoms with E-state index in [0.717, 1.165) is 84.0 Å². The first-order chi connectivity index (χ1) is 37.9. The average molecular weight is 1140 g/mol. The van der Waals surface area contributed by atoms with E-state index in [4.69, 9.17) is 28.4 Å². The molecular weight excluding hydrogens is 1040 g/mol. The van der Waals surface area contributed by atoms with Gasteiger partial charge < -0.3 is 100 Å². The molecule has 0 radical (unpaired) electrons. The quantitative estimate of drug-likeness (QED) is 0.0307. The van der Waals surface area contributed by atoms with Gasteiger partial charge in [0.2, 0.25) is 11.8 Å². The molecule has 3 aliphatic heterocycles. The van der Waals surface area contributed by atoms with Crippen LogP contribution in [0.3, 0.4) is 0 Å². The van der Waals surface area contributed by atoms with Crippen molar-refractivity contribution < 1.29 is 104 Å². The zero-order valence-corrected chi connectivity index (χ0v) is 47.2. The second-order valence-electron chi connectivity index (χ2n) is 21.9. The van der Waals surface area contributed by atoms with Crippen molar-refractivity contribution in [2.45, 2.75) is 298 Å². The molecule has 3 aliphatic rings. The molecule has 3 rings (SSSR count). The lowest BCUT2D eigenvalue weighted by atomic mass is 9.88. The standard InChI is InChI=1S/C56H102N2O21/c1-4-6-8-10-12-14-16-17-18-19-20-22-24-26-28-30-43(66)58-37(38(63)29-27-25-23-21-15-13-11-9-7-5-2)35-74-53-48(70)47(69)50(42(34-61)76-53)77-54-49(71)52(46(68)41(33-60)75-54)79-56(55(72)73)31-39(64)44(57-36(3)62)51(78-56)45(67)40(65)32-59/h14,16,37-42,44-54,59-61,63-65,67-71H,4-13,15,17-35H2,1-3H3,(H,57,62)(H,58,66)(H,72,73)/b16-14-. The Labute approximate surface area is 467 Å². The highest BCUT2D eigenvalue weighted by molar-refractivity contribution is 5.77. The first kappa shape index (κ1) is 70.7. The molecule has 0 saturated carbocycles. The summed E-state index contributed by atoms with van der Waals surface area (Å²) in [6.45, 7) is 2.11. The Kier molecular flexibility index (Phi) is 35.0. The van der Waals surface area contributed by atoms with E-state index in [1.54, 1.807) is 0 Å². The lowest BCUT2D eigenvalue weighted by molar-refractivity contribution is -0.386. The minimum atomic E-state index is -3.08. The third kappa shape index (κ3) is 23.9. The van der Waals surface area contributed by atoms with Gasteiger partial charge in [0, 0.05) is 19.8 Å². The topological polar surface area (TPSA) is 373 Å². The van der Waals surface area contributed by atoms with Crippen molar-refractivity contribution in [2.75, 3.05) is 26.4 Å². The summed E-state index contributed by atoms with van der Waals surface area (Å²) in [6, 6.07) is -2.53. The highest BCUT2D eigenvalue weighted by atomic mass is 16.8. The van der Waals surface area contributed by atoms with Crippen LogP contribution in [0.4, 0.5) is 0 Å². The predicted molar refractivity (Wildman–Crippen MR) is 288 cm³/mol. The van der Waals surface area contributed by atoms with E-state index in [1.807, 2.05) is 0 Å². The lowest BCUT2D eigenvalue weighted by Crippen LogP contribution is -2.70. The maximum absolute atomic E-state index is 13.3. The van der Waals surface area contributed by atoms with Crippen molar-refractivity contribution in [1.29, 1.82) is 0 Å². The van der Waals surface area contributed by atoms with E-state index in [9.17, 15) is 75.7 Å². The number of hydrogen-bond donors (Lipinski definition) is 14. The summed E-state index contributed by atoms with van der Waals surface area (Å²) in [5.74, 6) is -6.11. The minimum absolute atomic E-state index is 0.219. The molecular formula is C56H102N2O21. The molecule has 3 saturated heterocycles. The van der Waals surface area contributed by atoms with Gasteiger partial charge in [-0.3, -0.25) is 9.59 Å². The molecule has 23 heteroatoms. The number of ether oxygens (including phenoxy) is 6. The molecule has 0 bridgehead atoms. The summed E-state index contributed by atoms with van der Waals surface area (Å²) in [4.78, 5) is 38.3. The maximum atomic E-state index is 13.3. The molecule has 18 unspecified atom stereocenters. The van der Waals surface area contributed by atoms with E-state index in [-0.39, 0.29) is 18.9 Å². The van der Waals surface area contributed by atoms with Crippen molar-refractivity contribution in [1.82, 2.24) is 10.6 Å². The third-order valence-electron chi connectivity index (χ3n) is 15.2. The van der Waals surface area contributed by atoms with Gasteiger partial charge in [-0.05, 0) is 38.5 Å². The van der Waals surface area contributed by atoms with Crippen LogP contribution < -0.4 is 10.6 Å². The fourth-order valence-corrected chi connectivity index (χ4v) is 10.4. The number of carbonyl (C=O) groups is 3. The van der Waals surface area contributed by atoms with E-state index in [1.165, 1.54) is 57.8 Å². The number of rotatable bonds is 42. The number of aliphatic hydroxyl groups is 11. The Bertz CT molecular complexity index is 1680. The van der Waals surface area contributed by atoms with Gasteiger partial charge in [-0.2, -0.15) is 0 Å². The zero-order valence-electron chi connectivity index (χ0n) is 47.2. The van der Waals surface area contributed by atoms with Crippen LogP contribution in [0.2, 0.25) is 0 Å². The van der Waals surface area contributed by atoms with Crippen LogP contribution in [-0.4, -0.2) is 215 Å². The molecule has 2 amide bonds. The normalized spacial score (nSPS) is 30.9. The molecule has 3 heterocycles. The fraction of sp³-hybridized carbons (Fsp3) is 0.911. The van der Waals surface area contributed by atoms with Crippen LogP contribution in [0.5, 0.6) is 0 Å². The van der Waals surface area contributed by atoms with Crippen molar-refractivity contribution in [3.63, 3.8) is 0 Å². The molecule has 0 aliphatic carbocycles. The highest BCUT2D eigenvalue weighted by Crippen LogP contribution is 2.38. The number of aliphatic hydroxyl groups excluding tert-OH is 11. The first-order valence-corrected chi connectivity index (χ1v) is 29.5. The van der Waals surface area contributed by atoms with Gasteiger partial charge in [0.1, 0.15) is 67.1 Å². The Morgan fingerprint density at radius 1 is 0.646 bits per heavy atom. The largest absolute Gasteiger partial charge is 0.477 e. The SMILES string of the molecule is CCCCCC/C=C\CCCCCCCCCC(=O)NC(COC1OC(CO)C(OC2OC(CO)C(O)C(OC3(C(=O)O)CC(O)C(NC(C)=O)C(C(O)C(O)CO)O3)C2O)C(O)C1O)C(O)CCCCCCCCCCCC. The molecule has 0 aromatic rings. The van der Waals surface area contributed by atoms with Crippen LogP contribution in [0, 0.1) is 0 Å².